The second kappa shape index (κ2) is 8.04. The van der Waals surface area contributed by atoms with Gasteiger partial charge in [-0.25, -0.2) is 4.79 Å². The molecule has 2 unspecified atom stereocenters. The number of rotatable bonds is 6. The van der Waals surface area contributed by atoms with Crippen molar-refractivity contribution in [1.29, 1.82) is 0 Å². The zero-order chi connectivity index (χ0) is 16.8. The Morgan fingerprint density at radius 2 is 1.87 bits per heavy atom. The second-order valence-electron chi connectivity index (χ2n) is 6.42. The van der Waals surface area contributed by atoms with Gasteiger partial charge in [0, 0.05) is 24.7 Å². The van der Waals surface area contributed by atoms with Crippen molar-refractivity contribution in [1.82, 2.24) is 0 Å². The molecule has 0 aromatic heterocycles. The molecule has 0 radical (unpaired) electrons. The first kappa shape index (κ1) is 17.4. The Labute approximate surface area is 137 Å². The van der Waals surface area contributed by atoms with Gasteiger partial charge in [0.1, 0.15) is 5.78 Å². The van der Waals surface area contributed by atoms with Gasteiger partial charge in [-0.05, 0) is 32.3 Å². The number of carbonyl (C=O) groups excluding carboxylic acids is 3. The number of benzene rings is 1. The smallest absolute Gasteiger partial charge is 0.374 e. The van der Waals surface area contributed by atoms with Crippen LogP contribution in [0.1, 0.15) is 57.4 Å². The quantitative estimate of drug-likeness (QED) is 0.596. The molecule has 0 aliphatic heterocycles. The van der Waals surface area contributed by atoms with Gasteiger partial charge in [-0.15, -0.1) is 0 Å². The van der Waals surface area contributed by atoms with Crippen molar-refractivity contribution in [3.8, 4) is 0 Å². The minimum absolute atomic E-state index is 0.0337. The lowest BCUT2D eigenvalue weighted by atomic mass is 9.74. The maximum atomic E-state index is 12.3. The Morgan fingerprint density at radius 1 is 1.17 bits per heavy atom. The summed E-state index contributed by atoms with van der Waals surface area (Å²) in [5, 5.41) is 0. The first-order chi connectivity index (χ1) is 11.0. The van der Waals surface area contributed by atoms with Crippen LogP contribution in [0, 0.1) is 5.92 Å². The Bertz CT molecular complexity index is 562. The topological polar surface area (TPSA) is 60.4 Å². The fraction of sp³-hybridized carbons (Fsp3) is 0.526. The molecule has 2 atom stereocenters. The van der Waals surface area contributed by atoms with Crippen LogP contribution in [0.4, 0.5) is 0 Å². The average molecular weight is 316 g/mol. The van der Waals surface area contributed by atoms with Gasteiger partial charge >= 0.3 is 5.97 Å². The van der Waals surface area contributed by atoms with Crippen LogP contribution in [0.5, 0.6) is 0 Å². The van der Waals surface area contributed by atoms with Gasteiger partial charge in [-0.1, -0.05) is 36.8 Å². The summed E-state index contributed by atoms with van der Waals surface area (Å²) < 4.78 is 4.99. The predicted octanol–water partition coefficient (Wildman–Crippen LogP) is 3.44. The summed E-state index contributed by atoms with van der Waals surface area (Å²) in [5.74, 6) is -1.57. The van der Waals surface area contributed by atoms with Crippen molar-refractivity contribution in [2.45, 2.75) is 58.0 Å². The maximum absolute atomic E-state index is 12.3. The zero-order valence-corrected chi connectivity index (χ0v) is 13.8. The molecule has 1 aromatic carbocycles. The highest BCUT2D eigenvalue weighted by Gasteiger charge is 2.34. The highest BCUT2D eigenvalue weighted by atomic mass is 16.5. The van der Waals surface area contributed by atoms with Crippen LogP contribution in [0.2, 0.25) is 0 Å². The summed E-state index contributed by atoms with van der Waals surface area (Å²) >= 11 is 0. The van der Waals surface area contributed by atoms with Crippen LogP contribution in [-0.4, -0.2) is 23.6 Å². The molecule has 23 heavy (non-hydrogen) atoms. The van der Waals surface area contributed by atoms with E-state index in [1.54, 1.807) is 13.8 Å². The van der Waals surface area contributed by atoms with Gasteiger partial charge < -0.3 is 4.74 Å². The number of esters is 1. The van der Waals surface area contributed by atoms with Crippen LogP contribution in [0.25, 0.3) is 0 Å². The van der Waals surface area contributed by atoms with Gasteiger partial charge in [0.25, 0.3) is 0 Å². The molecule has 1 aromatic rings. The van der Waals surface area contributed by atoms with Gasteiger partial charge in [0.15, 0.2) is 0 Å². The van der Waals surface area contributed by atoms with Crippen molar-refractivity contribution in [3.05, 3.63) is 35.9 Å². The first-order valence-corrected chi connectivity index (χ1v) is 8.30. The molecule has 0 spiro atoms. The van der Waals surface area contributed by atoms with Crippen LogP contribution in [0.3, 0.4) is 0 Å². The average Bonchev–Trinajstić information content (AvgIpc) is 2.53. The molecule has 124 valence electrons. The summed E-state index contributed by atoms with van der Waals surface area (Å²) in [6.45, 7) is 3.43. The number of Topliss-reactive ketones (excluding diaryl/α,β-unsaturated/α-hetero) is 2. The largest absolute Gasteiger partial charge is 0.457 e. The number of hydrogen-bond donors (Lipinski definition) is 0. The molecule has 1 aliphatic carbocycles. The molecular formula is C19H24O4. The van der Waals surface area contributed by atoms with E-state index in [2.05, 4.69) is 0 Å². The third-order valence-corrected chi connectivity index (χ3v) is 4.29. The number of carbonyl (C=O) groups is 3. The van der Waals surface area contributed by atoms with E-state index in [1.807, 2.05) is 30.3 Å². The summed E-state index contributed by atoms with van der Waals surface area (Å²) in [4.78, 5) is 36.4. The molecule has 0 N–H and O–H groups in total. The normalized spacial score (nSPS) is 19.4. The molecule has 0 bridgehead atoms. The third kappa shape index (κ3) is 4.75. The van der Waals surface area contributed by atoms with Gasteiger partial charge in [0.05, 0.1) is 6.10 Å². The van der Waals surface area contributed by atoms with Crippen LogP contribution in [0.15, 0.2) is 30.3 Å². The summed E-state index contributed by atoms with van der Waals surface area (Å²) in [6, 6.07) is 9.54. The van der Waals surface area contributed by atoms with Crippen molar-refractivity contribution >= 4 is 17.5 Å². The molecule has 0 saturated heterocycles. The van der Waals surface area contributed by atoms with E-state index in [0.29, 0.717) is 6.42 Å². The lowest BCUT2D eigenvalue weighted by Gasteiger charge is -2.29. The van der Waals surface area contributed by atoms with Crippen LogP contribution >= 0.6 is 0 Å². The Kier molecular flexibility index (Phi) is 6.08. The fourth-order valence-electron chi connectivity index (χ4n) is 3.19. The SMILES string of the molecule is CC(C)OC(=O)C(=O)CC(c1ccccc1)C1CCCCC1=O. The van der Waals surface area contributed by atoms with E-state index in [0.717, 1.165) is 24.8 Å². The molecule has 0 amide bonds. The Balaban J connectivity index is 2.18. The van der Waals surface area contributed by atoms with Gasteiger partial charge in [-0.3, -0.25) is 9.59 Å². The number of hydrogen-bond acceptors (Lipinski definition) is 4. The predicted molar refractivity (Wildman–Crippen MR) is 87.0 cm³/mol. The summed E-state index contributed by atoms with van der Waals surface area (Å²) in [7, 11) is 0. The lowest BCUT2D eigenvalue weighted by Crippen LogP contribution is -2.30. The highest BCUT2D eigenvalue weighted by Crippen LogP contribution is 2.36. The fourth-order valence-corrected chi connectivity index (χ4v) is 3.19. The minimum Gasteiger partial charge on any atom is -0.457 e. The van der Waals surface area contributed by atoms with Crippen molar-refractivity contribution < 1.29 is 19.1 Å². The van der Waals surface area contributed by atoms with E-state index >= 15 is 0 Å². The van der Waals surface area contributed by atoms with Crippen LogP contribution in [-0.2, 0) is 19.1 Å². The van der Waals surface area contributed by atoms with Crippen LogP contribution < -0.4 is 0 Å². The lowest BCUT2D eigenvalue weighted by molar-refractivity contribution is -0.157. The zero-order valence-electron chi connectivity index (χ0n) is 13.8. The molecule has 1 fully saturated rings. The second-order valence-corrected chi connectivity index (χ2v) is 6.42. The van der Waals surface area contributed by atoms with E-state index < -0.39 is 11.8 Å². The number of ether oxygens (including phenoxy) is 1. The van der Waals surface area contributed by atoms with Gasteiger partial charge in [-0.2, -0.15) is 0 Å². The van der Waals surface area contributed by atoms with E-state index in [-0.39, 0.29) is 30.1 Å². The molecule has 1 saturated carbocycles. The van der Waals surface area contributed by atoms with E-state index in [4.69, 9.17) is 4.74 Å². The van der Waals surface area contributed by atoms with Gasteiger partial charge in [0.2, 0.25) is 5.78 Å². The highest BCUT2D eigenvalue weighted by molar-refractivity contribution is 6.33. The van der Waals surface area contributed by atoms with Crippen molar-refractivity contribution in [3.63, 3.8) is 0 Å². The Morgan fingerprint density at radius 3 is 2.48 bits per heavy atom. The van der Waals surface area contributed by atoms with Crippen molar-refractivity contribution in [2.24, 2.45) is 5.92 Å². The first-order valence-electron chi connectivity index (χ1n) is 8.30. The Hall–Kier alpha value is -1.97. The molecule has 4 nitrogen and oxygen atoms in total. The minimum atomic E-state index is -0.802. The standard InChI is InChI=1S/C19H24O4/c1-13(2)23-19(22)18(21)12-16(14-8-4-3-5-9-14)15-10-6-7-11-17(15)20/h3-5,8-9,13,15-16H,6-7,10-12H2,1-2H3. The third-order valence-electron chi connectivity index (χ3n) is 4.29. The van der Waals surface area contributed by atoms with E-state index in [1.165, 1.54) is 0 Å². The van der Waals surface area contributed by atoms with Crippen molar-refractivity contribution in [2.75, 3.05) is 0 Å². The van der Waals surface area contributed by atoms with E-state index in [9.17, 15) is 14.4 Å². The molecule has 2 rings (SSSR count). The maximum Gasteiger partial charge on any atom is 0.374 e. The molecule has 4 heteroatoms. The summed E-state index contributed by atoms with van der Waals surface area (Å²) in [5.41, 5.74) is 0.943. The molecule has 1 aliphatic rings. The molecule has 0 heterocycles. The summed E-state index contributed by atoms with van der Waals surface area (Å²) in [6.07, 6.45) is 2.97. The number of ketones is 2. The monoisotopic (exact) mass is 316 g/mol. The molecular weight excluding hydrogens is 292 g/mol.